The van der Waals surface area contributed by atoms with E-state index in [0.29, 0.717) is 29.9 Å². The van der Waals surface area contributed by atoms with E-state index < -0.39 is 11.6 Å². The summed E-state index contributed by atoms with van der Waals surface area (Å²) in [4.78, 5) is 14.2. The minimum absolute atomic E-state index is 0.219. The van der Waals surface area contributed by atoms with Gasteiger partial charge >= 0.3 is 0 Å². The van der Waals surface area contributed by atoms with Gasteiger partial charge in [-0.25, -0.2) is 8.78 Å². The van der Waals surface area contributed by atoms with E-state index in [1.165, 1.54) is 6.07 Å². The van der Waals surface area contributed by atoms with Crippen LogP contribution < -0.4 is 10.2 Å². The molecule has 4 nitrogen and oxygen atoms in total. The van der Waals surface area contributed by atoms with E-state index in [1.54, 1.807) is 30.3 Å². The zero-order valence-electron chi connectivity index (χ0n) is 13.5. The summed E-state index contributed by atoms with van der Waals surface area (Å²) >= 11 is 0. The highest BCUT2D eigenvalue weighted by Gasteiger charge is 2.24. The van der Waals surface area contributed by atoms with E-state index in [4.69, 9.17) is 5.26 Å². The van der Waals surface area contributed by atoms with Crippen LogP contribution in [0.3, 0.4) is 0 Å². The fourth-order valence-electron chi connectivity index (χ4n) is 2.98. The quantitative estimate of drug-likeness (QED) is 0.930. The summed E-state index contributed by atoms with van der Waals surface area (Å²) in [5, 5.41) is 11.8. The number of nitrogens with zero attached hydrogens (tertiary/aromatic N) is 2. The third kappa shape index (κ3) is 3.94. The number of nitrogens with one attached hydrogen (secondary N) is 1. The molecule has 2 aromatic rings. The summed E-state index contributed by atoms with van der Waals surface area (Å²) in [6, 6.07) is 12.4. The molecule has 3 rings (SSSR count). The maximum atomic E-state index is 13.4. The summed E-state index contributed by atoms with van der Waals surface area (Å²) in [5.41, 5.74) is 1.54. The second kappa shape index (κ2) is 7.31. The molecule has 0 saturated carbocycles. The van der Waals surface area contributed by atoms with Crippen molar-refractivity contribution in [1.29, 1.82) is 5.26 Å². The standard InChI is InChI=1S/C19H17F2N3O/c20-17-5-4-16(9-18(17)21)24-7-6-14(12-24)11-23-19(25)15-3-1-2-13(8-15)10-22/h1-5,8-9,14H,6-7,11-12H2,(H,23,25)/t14-/m0/s1. The van der Waals surface area contributed by atoms with Crippen molar-refractivity contribution in [2.24, 2.45) is 5.92 Å². The van der Waals surface area contributed by atoms with Crippen molar-refractivity contribution in [3.63, 3.8) is 0 Å². The fourth-order valence-corrected chi connectivity index (χ4v) is 2.98. The van der Waals surface area contributed by atoms with Crippen LogP contribution in [0, 0.1) is 28.9 Å². The number of hydrogen-bond donors (Lipinski definition) is 1. The Bertz CT molecular complexity index is 832. The van der Waals surface area contributed by atoms with Crippen LogP contribution >= 0.6 is 0 Å². The molecule has 1 fully saturated rings. The largest absolute Gasteiger partial charge is 0.371 e. The van der Waals surface area contributed by atoms with Crippen molar-refractivity contribution >= 4 is 11.6 Å². The molecular weight excluding hydrogens is 324 g/mol. The van der Waals surface area contributed by atoms with Crippen molar-refractivity contribution in [3.8, 4) is 6.07 Å². The monoisotopic (exact) mass is 341 g/mol. The minimum Gasteiger partial charge on any atom is -0.371 e. The lowest BCUT2D eigenvalue weighted by molar-refractivity contribution is 0.0948. The average Bonchev–Trinajstić information content (AvgIpc) is 3.11. The van der Waals surface area contributed by atoms with Gasteiger partial charge in [-0.2, -0.15) is 5.26 Å². The molecule has 0 radical (unpaired) electrons. The molecular formula is C19H17F2N3O. The Labute approximate surface area is 144 Å². The zero-order valence-corrected chi connectivity index (χ0v) is 13.5. The average molecular weight is 341 g/mol. The predicted octanol–water partition coefficient (Wildman–Crippen LogP) is 3.09. The SMILES string of the molecule is N#Cc1cccc(C(=O)NC[C@@H]2CCN(c3ccc(F)c(F)c3)C2)c1. The van der Waals surface area contributed by atoms with Gasteiger partial charge in [-0.1, -0.05) is 6.07 Å². The Morgan fingerprint density at radius 1 is 1.24 bits per heavy atom. The minimum atomic E-state index is -0.855. The topological polar surface area (TPSA) is 56.1 Å². The maximum Gasteiger partial charge on any atom is 0.251 e. The summed E-state index contributed by atoms with van der Waals surface area (Å²) in [6.45, 7) is 1.90. The maximum absolute atomic E-state index is 13.4. The molecule has 2 aromatic carbocycles. The third-order valence-electron chi connectivity index (χ3n) is 4.36. The Hall–Kier alpha value is -2.94. The molecule has 1 aliphatic rings. The van der Waals surface area contributed by atoms with Crippen LogP contribution in [0.1, 0.15) is 22.3 Å². The number of nitriles is 1. The zero-order chi connectivity index (χ0) is 17.8. The first-order valence-corrected chi connectivity index (χ1v) is 8.05. The lowest BCUT2D eigenvalue weighted by Gasteiger charge is -2.19. The molecule has 1 amide bonds. The molecule has 1 N–H and O–H groups in total. The number of carbonyl (C=O) groups is 1. The highest BCUT2D eigenvalue weighted by Crippen LogP contribution is 2.25. The second-order valence-corrected chi connectivity index (χ2v) is 6.10. The Kier molecular flexibility index (Phi) is 4.94. The second-order valence-electron chi connectivity index (χ2n) is 6.10. The van der Waals surface area contributed by atoms with E-state index in [0.717, 1.165) is 19.0 Å². The number of carbonyl (C=O) groups excluding carboxylic acids is 1. The molecule has 1 saturated heterocycles. The summed E-state index contributed by atoms with van der Waals surface area (Å²) < 4.78 is 26.4. The first-order valence-electron chi connectivity index (χ1n) is 8.05. The molecule has 1 aliphatic heterocycles. The van der Waals surface area contributed by atoms with Gasteiger partial charge in [0.1, 0.15) is 0 Å². The fraction of sp³-hybridized carbons (Fsp3) is 0.263. The van der Waals surface area contributed by atoms with E-state index in [-0.39, 0.29) is 11.8 Å². The van der Waals surface area contributed by atoms with Gasteiger partial charge in [-0.05, 0) is 42.7 Å². The van der Waals surface area contributed by atoms with Gasteiger partial charge in [0, 0.05) is 37.0 Å². The Morgan fingerprint density at radius 2 is 2.08 bits per heavy atom. The summed E-state index contributed by atoms with van der Waals surface area (Å²) in [5.74, 6) is -1.70. The number of rotatable bonds is 4. The number of anilines is 1. The van der Waals surface area contributed by atoms with Crippen LogP contribution in [0.4, 0.5) is 14.5 Å². The Morgan fingerprint density at radius 3 is 2.84 bits per heavy atom. The van der Waals surface area contributed by atoms with Crippen molar-refractivity contribution < 1.29 is 13.6 Å². The third-order valence-corrected chi connectivity index (χ3v) is 4.36. The smallest absolute Gasteiger partial charge is 0.251 e. The molecule has 0 spiro atoms. The van der Waals surface area contributed by atoms with Gasteiger partial charge in [0.05, 0.1) is 11.6 Å². The lowest BCUT2D eigenvalue weighted by atomic mass is 10.1. The first-order chi connectivity index (χ1) is 12.1. The van der Waals surface area contributed by atoms with Crippen LogP contribution in [0.25, 0.3) is 0 Å². The highest BCUT2D eigenvalue weighted by molar-refractivity contribution is 5.94. The van der Waals surface area contributed by atoms with Crippen LogP contribution in [0.2, 0.25) is 0 Å². The van der Waals surface area contributed by atoms with E-state index in [2.05, 4.69) is 5.32 Å². The van der Waals surface area contributed by atoms with Gasteiger partial charge in [-0.3, -0.25) is 4.79 Å². The molecule has 25 heavy (non-hydrogen) atoms. The number of hydrogen-bond acceptors (Lipinski definition) is 3. The van der Waals surface area contributed by atoms with Crippen LogP contribution in [0.15, 0.2) is 42.5 Å². The number of benzene rings is 2. The van der Waals surface area contributed by atoms with Crippen molar-refractivity contribution in [2.45, 2.75) is 6.42 Å². The highest BCUT2D eigenvalue weighted by atomic mass is 19.2. The van der Waals surface area contributed by atoms with Gasteiger partial charge in [-0.15, -0.1) is 0 Å². The predicted molar refractivity (Wildman–Crippen MR) is 90.2 cm³/mol. The van der Waals surface area contributed by atoms with Gasteiger partial charge < -0.3 is 10.2 Å². The molecule has 6 heteroatoms. The van der Waals surface area contributed by atoms with Crippen molar-refractivity contribution in [3.05, 3.63) is 65.2 Å². The molecule has 1 atom stereocenters. The normalized spacial score (nSPS) is 16.5. The summed E-state index contributed by atoms with van der Waals surface area (Å²) in [7, 11) is 0. The van der Waals surface area contributed by atoms with Gasteiger partial charge in [0.15, 0.2) is 11.6 Å². The van der Waals surface area contributed by atoms with Crippen LogP contribution in [-0.2, 0) is 0 Å². The van der Waals surface area contributed by atoms with E-state index in [9.17, 15) is 13.6 Å². The molecule has 0 aromatic heterocycles. The molecule has 1 heterocycles. The number of amides is 1. The van der Waals surface area contributed by atoms with Gasteiger partial charge in [0.25, 0.3) is 5.91 Å². The van der Waals surface area contributed by atoms with Crippen LogP contribution in [-0.4, -0.2) is 25.5 Å². The van der Waals surface area contributed by atoms with Crippen LogP contribution in [0.5, 0.6) is 0 Å². The molecule has 0 aliphatic carbocycles. The van der Waals surface area contributed by atoms with Crippen molar-refractivity contribution in [1.82, 2.24) is 5.32 Å². The molecule has 0 bridgehead atoms. The first kappa shape index (κ1) is 16.9. The lowest BCUT2D eigenvalue weighted by Crippen LogP contribution is -2.31. The molecule has 0 unspecified atom stereocenters. The molecule has 128 valence electrons. The summed E-state index contributed by atoms with van der Waals surface area (Å²) in [6.07, 6.45) is 0.859. The van der Waals surface area contributed by atoms with Gasteiger partial charge in [0.2, 0.25) is 0 Å². The van der Waals surface area contributed by atoms with E-state index >= 15 is 0 Å². The van der Waals surface area contributed by atoms with Crippen molar-refractivity contribution in [2.75, 3.05) is 24.5 Å². The Balaban J connectivity index is 1.55. The van der Waals surface area contributed by atoms with E-state index in [1.807, 2.05) is 11.0 Å². The number of halogens is 2.